The Morgan fingerprint density at radius 3 is 2.42 bits per heavy atom. The molecule has 0 heterocycles. The van der Waals surface area contributed by atoms with Crippen LogP contribution in [0.5, 0.6) is 0 Å². The molecule has 0 aliphatic rings. The van der Waals surface area contributed by atoms with Crippen molar-refractivity contribution in [3.05, 3.63) is 71.3 Å². The highest BCUT2D eigenvalue weighted by atomic mass is 19.1. The van der Waals surface area contributed by atoms with Crippen molar-refractivity contribution in [2.45, 2.75) is 19.1 Å². The fourth-order valence-corrected chi connectivity index (χ4v) is 2.19. The monoisotopic (exact) mass is 363 g/mol. The fourth-order valence-electron chi connectivity index (χ4n) is 2.19. The molecule has 0 spiro atoms. The molecule has 0 unspecified atom stereocenters. The molecule has 136 valence electrons. The van der Waals surface area contributed by atoms with Crippen molar-refractivity contribution in [3.63, 3.8) is 0 Å². The first-order chi connectivity index (χ1) is 12.4. The summed E-state index contributed by atoms with van der Waals surface area (Å²) < 4.78 is 31.9. The van der Waals surface area contributed by atoms with Gasteiger partial charge in [-0.05, 0) is 29.3 Å². The van der Waals surface area contributed by atoms with E-state index in [4.69, 9.17) is 9.84 Å². The van der Waals surface area contributed by atoms with E-state index in [9.17, 15) is 23.2 Å². The van der Waals surface area contributed by atoms with Crippen LogP contribution < -0.4 is 5.32 Å². The largest absolute Gasteiger partial charge is 0.475 e. The van der Waals surface area contributed by atoms with Crippen LogP contribution in [0.3, 0.4) is 0 Å². The summed E-state index contributed by atoms with van der Waals surface area (Å²) in [6.45, 7) is -0.102. The van der Waals surface area contributed by atoms with Crippen molar-refractivity contribution in [2.75, 3.05) is 0 Å². The lowest BCUT2D eigenvalue weighted by atomic mass is 10.0. The van der Waals surface area contributed by atoms with Crippen LogP contribution in [0.2, 0.25) is 0 Å². The molecule has 8 heteroatoms. The predicted octanol–water partition coefficient (Wildman–Crippen LogP) is 2.46. The highest BCUT2D eigenvalue weighted by molar-refractivity contribution is 6.35. The molecule has 0 aliphatic carbocycles. The zero-order chi connectivity index (χ0) is 19.1. The summed E-state index contributed by atoms with van der Waals surface area (Å²) in [5.41, 5.74) is 0.438. The van der Waals surface area contributed by atoms with E-state index in [-0.39, 0.29) is 12.2 Å². The van der Waals surface area contributed by atoms with Crippen molar-refractivity contribution in [2.24, 2.45) is 0 Å². The minimum Gasteiger partial charge on any atom is -0.475 e. The number of carboxylic acids is 1. The molecule has 0 saturated carbocycles. The van der Waals surface area contributed by atoms with Crippen molar-refractivity contribution in [3.8, 4) is 0 Å². The zero-order valence-corrected chi connectivity index (χ0v) is 13.4. The molecule has 6 nitrogen and oxygen atoms in total. The number of alkyl carbamates (subject to hydrolysis) is 1. The molecular formula is C18H15F2NO5. The van der Waals surface area contributed by atoms with Crippen LogP contribution in [0.1, 0.15) is 11.1 Å². The molecule has 0 bridgehead atoms. The first kappa shape index (κ1) is 19.0. The van der Waals surface area contributed by atoms with E-state index in [2.05, 4.69) is 5.32 Å². The van der Waals surface area contributed by atoms with Crippen LogP contribution in [-0.2, 0) is 27.4 Å². The normalized spacial score (nSPS) is 11.5. The molecule has 0 aliphatic heterocycles. The molecule has 2 N–H and O–H groups in total. The summed E-state index contributed by atoms with van der Waals surface area (Å²) in [6.07, 6.45) is -1.58. The standard InChI is InChI=1S/C18H15F2NO5/c19-13-6-7-14(20)12(8-13)9-15(16(22)17(23)24)21-18(25)26-10-11-4-2-1-3-5-11/h1-8,15H,9-10H2,(H,21,25)(H,23,24)/t15-/m1/s1. The Morgan fingerprint density at radius 2 is 1.77 bits per heavy atom. The number of halogens is 2. The van der Waals surface area contributed by atoms with Gasteiger partial charge in [-0.1, -0.05) is 30.3 Å². The van der Waals surface area contributed by atoms with Crippen molar-refractivity contribution >= 4 is 17.8 Å². The van der Waals surface area contributed by atoms with Gasteiger partial charge in [-0.25, -0.2) is 18.4 Å². The number of aliphatic carboxylic acids is 1. The van der Waals surface area contributed by atoms with Gasteiger partial charge in [-0.2, -0.15) is 0 Å². The number of nitrogens with one attached hydrogen (secondary N) is 1. The van der Waals surface area contributed by atoms with E-state index >= 15 is 0 Å². The molecular weight excluding hydrogens is 348 g/mol. The van der Waals surface area contributed by atoms with Gasteiger partial charge in [0, 0.05) is 6.42 Å². The maximum Gasteiger partial charge on any atom is 0.408 e. The van der Waals surface area contributed by atoms with Gasteiger partial charge in [-0.3, -0.25) is 4.79 Å². The number of Topliss-reactive ketones (excluding diaryl/α,β-unsaturated/α-hetero) is 1. The lowest BCUT2D eigenvalue weighted by molar-refractivity contribution is -0.150. The maximum absolute atomic E-state index is 13.7. The van der Waals surface area contributed by atoms with Gasteiger partial charge in [0.15, 0.2) is 0 Å². The summed E-state index contributed by atoms with van der Waals surface area (Å²) in [5, 5.41) is 10.9. The number of amides is 1. The molecule has 0 radical (unpaired) electrons. The first-order valence-corrected chi connectivity index (χ1v) is 7.55. The molecule has 0 saturated heterocycles. The molecule has 2 rings (SSSR count). The summed E-state index contributed by atoms with van der Waals surface area (Å²) in [5.74, 6) is -4.76. The first-order valence-electron chi connectivity index (χ1n) is 7.55. The number of carboxylic acid groups (broad SMARTS) is 1. The van der Waals surface area contributed by atoms with E-state index in [1.807, 2.05) is 0 Å². The van der Waals surface area contributed by atoms with E-state index < -0.39 is 41.9 Å². The third kappa shape index (κ3) is 5.37. The summed E-state index contributed by atoms with van der Waals surface area (Å²) in [4.78, 5) is 34.6. The van der Waals surface area contributed by atoms with Crippen LogP contribution in [0.15, 0.2) is 48.5 Å². The Kier molecular flexibility index (Phi) is 6.37. The number of carbonyl (C=O) groups is 3. The third-order valence-electron chi connectivity index (χ3n) is 3.46. The number of hydrogen-bond donors (Lipinski definition) is 2. The van der Waals surface area contributed by atoms with Gasteiger partial charge in [0.05, 0.1) is 0 Å². The SMILES string of the molecule is O=C(N[C@H](Cc1cc(F)ccc1F)C(=O)C(=O)O)OCc1ccccc1. The van der Waals surface area contributed by atoms with E-state index in [0.717, 1.165) is 18.2 Å². The Morgan fingerprint density at radius 1 is 1.08 bits per heavy atom. The smallest absolute Gasteiger partial charge is 0.408 e. The molecule has 2 aromatic rings. The van der Waals surface area contributed by atoms with Gasteiger partial charge in [0.25, 0.3) is 5.78 Å². The Bertz CT molecular complexity index is 810. The van der Waals surface area contributed by atoms with Crippen molar-refractivity contribution in [1.29, 1.82) is 0 Å². The summed E-state index contributed by atoms with van der Waals surface area (Å²) in [7, 11) is 0. The number of rotatable bonds is 7. The average Bonchev–Trinajstić information content (AvgIpc) is 2.62. The number of carbonyl (C=O) groups excluding carboxylic acids is 2. The fraction of sp³-hybridized carbons (Fsp3) is 0.167. The van der Waals surface area contributed by atoms with Crippen LogP contribution in [0.25, 0.3) is 0 Å². The maximum atomic E-state index is 13.7. The van der Waals surface area contributed by atoms with Crippen molar-refractivity contribution in [1.82, 2.24) is 5.32 Å². The van der Waals surface area contributed by atoms with Gasteiger partial charge < -0.3 is 15.2 Å². The minimum absolute atomic E-state index is 0.102. The lowest BCUT2D eigenvalue weighted by Gasteiger charge is -2.16. The van der Waals surface area contributed by atoms with Crippen LogP contribution in [-0.4, -0.2) is 29.0 Å². The van der Waals surface area contributed by atoms with E-state index in [1.165, 1.54) is 0 Å². The minimum atomic E-state index is -1.81. The second-order valence-electron chi connectivity index (χ2n) is 5.37. The quantitative estimate of drug-likeness (QED) is 0.737. The average molecular weight is 363 g/mol. The van der Waals surface area contributed by atoms with Gasteiger partial charge in [0.2, 0.25) is 0 Å². The summed E-state index contributed by atoms with van der Waals surface area (Å²) >= 11 is 0. The molecule has 1 atom stereocenters. The molecule has 1 amide bonds. The Labute approximate surface area is 147 Å². The van der Waals surface area contributed by atoms with Gasteiger partial charge in [0.1, 0.15) is 24.3 Å². The lowest BCUT2D eigenvalue weighted by Crippen LogP contribution is -2.45. The van der Waals surface area contributed by atoms with Gasteiger partial charge >= 0.3 is 12.1 Å². The van der Waals surface area contributed by atoms with Crippen LogP contribution in [0, 0.1) is 11.6 Å². The number of hydrogen-bond acceptors (Lipinski definition) is 4. The van der Waals surface area contributed by atoms with Gasteiger partial charge in [-0.15, -0.1) is 0 Å². The van der Waals surface area contributed by atoms with Crippen LogP contribution in [0.4, 0.5) is 13.6 Å². The molecule has 0 fully saturated rings. The highest BCUT2D eigenvalue weighted by Gasteiger charge is 2.28. The molecule has 0 aromatic heterocycles. The topological polar surface area (TPSA) is 92.7 Å². The van der Waals surface area contributed by atoms with E-state index in [1.54, 1.807) is 30.3 Å². The highest BCUT2D eigenvalue weighted by Crippen LogP contribution is 2.13. The molecule has 26 heavy (non-hydrogen) atoms. The summed E-state index contributed by atoms with van der Waals surface area (Å²) in [6, 6.07) is 9.61. The zero-order valence-electron chi connectivity index (χ0n) is 13.4. The molecule has 2 aromatic carbocycles. The number of ether oxygens (including phenoxy) is 1. The Hall–Kier alpha value is -3.29. The second kappa shape index (κ2) is 8.70. The van der Waals surface area contributed by atoms with E-state index in [0.29, 0.717) is 5.56 Å². The van der Waals surface area contributed by atoms with Crippen molar-refractivity contribution < 1.29 is 33.0 Å². The third-order valence-corrected chi connectivity index (χ3v) is 3.46. The Balaban J connectivity index is 2.07. The predicted molar refractivity (Wildman–Crippen MR) is 86.3 cm³/mol. The number of benzene rings is 2. The number of ketones is 1. The van der Waals surface area contributed by atoms with Crippen LogP contribution >= 0.6 is 0 Å². The second-order valence-corrected chi connectivity index (χ2v) is 5.37.